The highest BCUT2D eigenvalue weighted by Gasteiger charge is 2.39. The summed E-state index contributed by atoms with van der Waals surface area (Å²) in [7, 11) is 0. The Kier molecular flexibility index (Phi) is 8.05. The van der Waals surface area contributed by atoms with Crippen molar-refractivity contribution in [1.82, 2.24) is 10.6 Å². The molecule has 0 saturated heterocycles. The first-order valence-corrected chi connectivity index (χ1v) is 22.0. The third-order valence-electron chi connectivity index (χ3n) is 14.4. The van der Waals surface area contributed by atoms with E-state index in [1.165, 1.54) is 55.7 Å². The molecule has 1 aliphatic heterocycles. The average Bonchev–Trinajstić information content (AvgIpc) is 3.88. The molecule has 0 amide bonds. The fraction of sp³-hybridized carbons (Fsp3) is 0.211. The lowest BCUT2D eigenvalue weighted by atomic mass is 9.78. The largest absolute Gasteiger partial charge is 0.456 e. The Hall–Kier alpha value is -6.49. The van der Waals surface area contributed by atoms with Gasteiger partial charge >= 0.3 is 0 Å². The van der Waals surface area contributed by atoms with E-state index in [4.69, 9.17) is 9.41 Å². The van der Waals surface area contributed by atoms with Crippen LogP contribution in [0, 0.1) is 0 Å². The Bertz CT molecular complexity index is 3030. The lowest BCUT2D eigenvalue weighted by Crippen LogP contribution is -2.45. The minimum atomic E-state index is -0.317. The van der Waals surface area contributed by atoms with Gasteiger partial charge in [0.2, 0.25) is 0 Å². The van der Waals surface area contributed by atoms with E-state index in [0.717, 1.165) is 70.1 Å². The molecule has 1 aromatic heterocycles. The highest BCUT2D eigenvalue weighted by molar-refractivity contribution is 6.05. The maximum absolute atomic E-state index is 6.38. The minimum Gasteiger partial charge on any atom is -0.456 e. The number of aliphatic imine (C=N–C) groups is 1. The van der Waals surface area contributed by atoms with Gasteiger partial charge in [-0.3, -0.25) is 5.32 Å². The Morgan fingerprint density at radius 1 is 0.541 bits per heavy atom. The third-order valence-corrected chi connectivity index (χ3v) is 14.4. The lowest BCUT2D eigenvalue weighted by Gasteiger charge is -2.32. The summed E-state index contributed by atoms with van der Waals surface area (Å²) in [6.07, 6.45) is 13.4. The SMILES string of the molecule is CC1(C)C2=C(C=CCC2)c2cc(-c3cc(C4=NC(c5ccc6c(c5)oc5ccccc56)NC(c5ccccc5)N4)cc(-c4ccc5c(c4)C4=C(CCC=C4)C5(C)C)c3)ccc21. The normalized spacial score (nSPS) is 20.7. The number of rotatable bonds is 5. The molecule has 0 bridgehead atoms. The molecule has 7 aromatic rings. The van der Waals surface area contributed by atoms with Crippen LogP contribution in [0.3, 0.4) is 0 Å². The van der Waals surface area contributed by atoms with Crippen LogP contribution < -0.4 is 10.6 Å². The number of furan rings is 1. The van der Waals surface area contributed by atoms with Crippen molar-refractivity contribution in [1.29, 1.82) is 0 Å². The van der Waals surface area contributed by atoms with Crippen molar-refractivity contribution in [3.05, 3.63) is 202 Å². The molecule has 2 atom stereocenters. The predicted molar refractivity (Wildman–Crippen MR) is 252 cm³/mol. The van der Waals surface area contributed by atoms with E-state index >= 15 is 0 Å². The van der Waals surface area contributed by atoms with Gasteiger partial charge in [-0.2, -0.15) is 0 Å². The van der Waals surface area contributed by atoms with Crippen LogP contribution in [-0.2, 0) is 10.8 Å². The van der Waals surface area contributed by atoms with Gasteiger partial charge in [-0.15, -0.1) is 0 Å². The topological polar surface area (TPSA) is 49.6 Å². The van der Waals surface area contributed by atoms with Crippen molar-refractivity contribution in [2.45, 2.75) is 76.5 Å². The molecule has 4 aliphatic carbocycles. The molecule has 0 spiro atoms. The number of nitrogens with one attached hydrogen (secondary N) is 2. The average molecular weight is 792 g/mol. The third kappa shape index (κ3) is 5.72. The second-order valence-corrected chi connectivity index (χ2v) is 18.6. The molecule has 2 N–H and O–H groups in total. The molecule has 0 saturated carbocycles. The van der Waals surface area contributed by atoms with Crippen molar-refractivity contribution in [3.8, 4) is 22.3 Å². The van der Waals surface area contributed by atoms with Crippen LogP contribution in [0.5, 0.6) is 0 Å². The van der Waals surface area contributed by atoms with Crippen molar-refractivity contribution in [2.75, 3.05) is 0 Å². The maximum atomic E-state index is 6.38. The number of hydrogen-bond acceptors (Lipinski definition) is 4. The Balaban J connectivity index is 1.03. The molecule has 4 nitrogen and oxygen atoms in total. The summed E-state index contributed by atoms with van der Waals surface area (Å²) in [5.41, 5.74) is 21.4. The summed E-state index contributed by atoms with van der Waals surface area (Å²) >= 11 is 0. The fourth-order valence-electron chi connectivity index (χ4n) is 11.1. The van der Waals surface area contributed by atoms with E-state index in [1.807, 2.05) is 12.1 Å². The van der Waals surface area contributed by atoms with Crippen LogP contribution in [0.25, 0.3) is 55.3 Å². The molecule has 4 heteroatoms. The Morgan fingerprint density at radius 2 is 1.13 bits per heavy atom. The smallest absolute Gasteiger partial charge is 0.135 e. The second-order valence-electron chi connectivity index (χ2n) is 18.6. The lowest BCUT2D eigenvalue weighted by molar-refractivity contribution is 0.409. The van der Waals surface area contributed by atoms with Crippen molar-refractivity contribution < 1.29 is 4.42 Å². The minimum absolute atomic E-state index is 0.0286. The van der Waals surface area contributed by atoms with Crippen molar-refractivity contribution >= 4 is 38.9 Å². The first-order chi connectivity index (χ1) is 29.7. The molecular formula is C57H49N3O. The molecule has 12 rings (SSSR count). The fourth-order valence-corrected chi connectivity index (χ4v) is 11.1. The van der Waals surface area contributed by atoms with Crippen molar-refractivity contribution in [2.24, 2.45) is 4.99 Å². The van der Waals surface area contributed by atoms with Crippen LogP contribution in [0.15, 0.2) is 172 Å². The summed E-state index contributed by atoms with van der Waals surface area (Å²) in [6, 6.07) is 46.9. The molecular weight excluding hydrogens is 743 g/mol. The van der Waals surface area contributed by atoms with E-state index in [2.05, 4.69) is 178 Å². The van der Waals surface area contributed by atoms with Gasteiger partial charge in [-0.05, 0) is 135 Å². The second kappa shape index (κ2) is 13.5. The number of benzene rings is 6. The van der Waals surface area contributed by atoms with E-state index in [-0.39, 0.29) is 23.2 Å². The first-order valence-electron chi connectivity index (χ1n) is 22.0. The Labute approximate surface area is 358 Å². The number of fused-ring (bicyclic) bond motifs is 7. The molecule has 2 heterocycles. The highest BCUT2D eigenvalue weighted by atomic mass is 16.3. The summed E-state index contributed by atoms with van der Waals surface area (Å²) in [5, 5.41) is 9.94. The molecule has 61 heavy (non-hydrogen) atoms. The zero-order chi connectivity index (χ0) is 41.0. The number of nitrogens with zero attached hydrogens (tertiary/aromatic N) is 1. The molecule has 0 fully saturated rings. The van der Waals surface area contributed by atoms with Gasteiger partial charge in [0.1, 0.15) is 29.3 Å². The quantitative estimate of drug-likeness (QED) is 0.183. The van der Waals surface area contributed by atoms with Gasteiger partial charge in [-0.1, -0.05) is 148 Å². The van der Waals surface area contributed by atoms with Gasteiger partial charge in [-0.25, -0.2) is 4.99 Å². The van der Waals surface area contributed by atoms with Crippen LogP contribution in [0.1, 0.15) is 105 Å². The van der Waals surface area contributed by atoms with Gasteiger partial charge in [0.25, 0.3) is 0 Å². The zero-order valence-corrected chi connectivity index (χ0v) is 35.3. The van der Waals surface area contributed by atoms with E-state index in [1.54, 1.807) is 11.1 Å². The standard InChI is InChI=1S/C57H49N3O/c1-56(2)47-19-11-8-16-41(47)45-31-35(23-26-49(45)56)38-28-39(36-24-27-50-46(32-36)42-17-9-12-20-48(42)57(50,3)4)30-40(29-38)55-59-53(34-14-6-5-7-15-34)58-54(60-55)37-22-25-44-43-18-10-13-21-51(43)61-52(44)33-37/h5-10,13-18,21-33,53-54,58H,11-12,19-20H2,1-4H3,(H,59,60). The molecule has 0 radical (unpaired) electrons. The molecule has 2 unspecified atom stereocenters. The first kappa shape index (κ1) is 36.4. The summed E-state index contributed by atoms with van der Waals surface area (Å²) in [5.74, 6) is 0.857. The van der Waals surface area contributed by atoms with E-state index in [9.17, 15) is 0 Å². The zero-order valence-electron chi connectivity index (χ0n) is 35.3. The maximum Gasteiger partial charge on any atom is 0.135 e. The van der Waals surface area contributed by atoms with E-state index in [0.29, 0.717) is 0 Å². The molecule has 298 valence electrons. The van der Waals surface area contributed by atoms with Crippen molar-refractivity contribution in [3.63, 3.8) is 0 Å². The van der Waals surface area contributed by atoms with Gasteiger partial charge < -0.3 is 9.73 Å². The molecule has 5 aliphatic rings. The van der Waals surface area contributed by atoms with Gasteiger partial charge in [0.05, 0.1) is 0 Å². The summed E-state index contributed by atoms with van der Waals surface area (Å²) in [4.78, 5) is 5.51. The summed E-state index contributed by atoms with van der Waals surface area (Å²) < 4.78 is 6.38. The van der Waals surface area contributed by atoms with Crippen LogP contribution in [0.4, 0.5) is 0 Å². The van der Waals surface area contributed by atoms with Gasteiger partial charge in [0, 0.05) is 27.2 Å². The molecule has 6 aromatic carbocycles. The number of hydrogen-bond donors (Lipinski definition) is 2. The predicted octanol–water partition coefficient (Wildman–Crippen LogP) is 14.0. The van der Waals surface area contributed by atoms with Crippen LogP contribution in [-0.4, -0.2) is 5.84 Å². The van der Waals surface area contributed by atoms with Gasteiger partial charge in [0.15, 0.2) is 0 Å². The van der Waals surface area contributed by atoms with E-state index < -0.39 is 0 Å². The monoisotopic (exact) mass is 791 g/mol. The number of amidine groups is 1. The number of allylic oxidation sites excluding steroid dienone is 8. The van der Waals surface area contributed by atoms with Crippen LogP contribution in [0.2, 0.25) is 0 Å². The van der Waals surface area contributed by atoms with Crippen LogP contribution >= 0.6 is 0 Å². The highest BCUT2D eigenvalue weighted by Crippen LogP contribution is 2.52. The number of para-hydroxylation sites is 1. The Morgan fingerprint density at radius 3 is 1.79 bits per heavy atom. The summed E-state index contributed by atoms with van der Waals surface area (Å²) in [6.45, 7) is 9.59.